The number of amides is 1. The lowest BCUT2D eigenvalue weighted by atomic mass is 10.1. The van der Waals surface area contributed by atoms with Gasteiger partial charge in [-0.15, -0.1) is 0 Å². The Labute approximate surface area is 70.1 Å². The van der Waals surface area contributed by atoms with Crippen molar-refractivity contribution in [3.63, 3.8) is 0 Å². The van der Waals surface area contributed by atoms with Gasteiger partial charge in [-0.3, -0.25) is 14.5 Å². The largest absolute Gasteiger partial charge is 0.481 e. The minimum atomic E-state index is -0.790. The Hall–Kier alpha value is -1.10. The van der Waals surface area contributed by atoms with E-state index in [1.54, 1.807) is 4.90 Å². The molecule has 5 heteroatoms. The van der Waals surface area contributed by atoms with Crippen molar-refractivity contribution < 1.29 is 14.7 Å². The Morgan fingerprint density at radius 3 is 2.67 bits per heavy atom. The van der Waals surface area contributed by atoms with Gasteiger partial charge in [0.2, 0.25) is 5.91 Å². The summed E-state index contributed by atoms with van der Waals surface area (Å²) in [5, 5.41) is 8.62. The molecule has 0 aromatic heterocycles. The van der Waals surface area contributed by atoms with E-state index in [0.717, 1.165) is 0 Å². The molecule has 0 radical (unpaired) electrons. The predicted octanol–water partition coefficient (Wildman–Crippen LogP) is -1.12. The van der Waals surface area contributed by atoms with Crippen LogP contribution in [0.3, 0.4) is 0 Å². The number of carbonyl (C=O) groups is 2. The topological polar surface area (TPSA) is 83.6 Å². The first-order valence-electron chi connectivity index (χ1n) is 3.83. The highest BCUT2D eigenvalue weighted by atomic mass is 16.4. The van der Waals surface area contributed by atoms with Crippen LogP contribution in [0.2, 0.25) is 0 Å². The minimum Gasteiger partial charge on any atom is -0.481 e. The molecule has 1 saturated heterocycles. The summed E-state index contributed by atoms with van der Waals surface area (Å²) >= 11 is 0. The molecular weight excluding hydrogens is 160 g/mol. The van der Waals surface area contributed by atoms with Gasteiger partial charge in [-0.1, -0.05) is 0 Å². The number of hydrogen-bond donors (Lipinski definition) is 2. The molecule has 0 aliphatic carbocycles. The molecule has 0 bridgehead atoms. The number of likely N-dealkylation sites (tertiary alicyclic amines) is 1. The number of carboxylic acids is 1. The summed E-state index contributed by atoms with van der Waals surface area (Å²) in [4.78, 5) is 22.7. The van der Waals surface area contributed by atoms with Crippen LogP contribution < -0.4 is 5.73 Å². The first-order chi connectivity index (χ1) is 5.59. The third kappa shape index (κ3) is 2.20. The van der Waals surface area contributed by atoms with Crippen molar-refractivity contribution in [2.24, 2.45) is 11.7 Å². The molecule has 12 heavy (non-hydrogen) atoms. The Bertz CT molecular complexity index is 205. The summed E-state index contributed by atoms with van der Waals surface area (Å²) in [7, 11) is 0. The summed E-state index contributed by atoms with van der Waals surface area (Å²) in [5.41, 5.74) is 4.97. The van der Waals surface area contributed by atoms with Crippen molar-refractivity contribution in [2.45, 2.75) is 6.42 Å². The van der Waals surface area contributed by atoms with E-state index in [9.17, 15) is 9.59 Å². The quantitative estimate of drug-likeness (QED) is 0.564. The van der Waals surface area contributed by atoms with E-state index in [1.807, 2.05) is 0 Å². The minimum absolute atomic E-state index is 0.170. The van der Waals surface area contributed by atoms with E-state index in [2.05, 4.69) is 0 Å². The molecule has 0 spiro atoms. The van der Waals surface area contributed by atoms with Crippen molar-refractivity contribution in [1.82, 2.24) is 4.90 Å². The van der Waals surface area contributed by atoms with Gasteiger partial charge in [0.15, 0.2) is 0 Å². The average Bonchev–Trinajstić information content (AvgIpc) is 2.34. The molecule has 5 nitrogen and oxygen atoms in total. The normalized spacial score (nSPS) is 24.2. The van der Waals surface area contributed by atoms with Crippen LogP contribution in [0, 0.1) is 5.92 Å². The molecule has 1 atom stereocenters. The van der Waals surface area contributed by atoms with Gasteiger partial charge in [0, 0.05) is 6.54 Å². The highest BCUT2D eigenvalue weighted by Crippen LogP contribution is 2.15. The summed E-state index contributed by atoms with van der Waals surface area (Å²) in [6.07, 6.45) is 0.614. The molecule has 1 rings (SSSR count). The molecular formula is C7H12N2O3. The zero-order chi connectivity index (χ0) is 9.14. The molecule has 1 unspecified atom stereocenters. The molecule has 1 fully saturated rings. The predicted molar refractivity (Wildman–Crippen MR) is 41.4 cm³/mol. The lowest BCUT2D eigenvalue weighted by molar-refractivity contribution is -0.141. The molecule has 0 aromatic rings. The maximum absolute atomic E-state index is 10.5. The number of primary amides is 1. The second-order valence-electron chi connectivity index (χ2n) is 3.03. The highest BCUT2D eigenvalue weighted by Gasteiger charge is 2.28. The summed E-state index contributed by atoms with van der Waals surface area (Å²) < 4.78 is 0. The molecule has 0 aromatic carbocycles. The first kappa shape index (κ1) is 8.99. The molecule has 0 saturated carbocycles. The molecule has 1 aliphatic heterocycles. The third-order valence-corrected chi connectivity index (χ3v) is 2.00. The van der Waals surface area contributed by atoms with Crippen molar-refractivity contribution in [2.75, 3.05) is 19.6 Å². The smallest absolute Gasteiger partial charge is 0.307 e. The van der Waals surface area contributed by atoms with Gasteiger partial charge in [0.25, 0.3) is 0 Å². The average molecular weight is 172 g/mol. The van der Waals surface area contributed by atoms with E-state index >= 15 is 0 Å². The molecule has 1 heterocycles. The Balaban J connectivity index is 2.35. The number of carbonyl (C=O) groups excluding carboxylic acids is 1. The summed E-state index contributed by atoms with van der Waals surface area (Å²) in [5.74, 6) is -1.52. The third-order valence-electron chi connectivity index (χ3n) is 2.00. The van der Waals surface area contributed by atoms with Crippen LogP contribution in [0.25, 0.3) is 0 Å². The fraction of sp³-hybridized carbons (Fsp3) is 0.714. The zero-order valence-electron chi connectivity index (χ0n) is 6.69. The second-order valence-corrected chi connectivity index (χ2v) is 3.03. The van der Waals surface area contributed by atoms with Crippen LogP contribution in [-0.4, -0.2) is 41.5 Å². The van der Waals surface area contributed by atoms with Gasteiger partial charge in [0.05, 0.1) is 12.5 Å². The number of hydrogen-bond acceptors (Lipinski definition) is 3. The van der Waals surface area contributed by atoms with Gasteiger partial charge in [-0.25, -0.2) is 0 Å². The van der Waals surface area contributed by atoms with Crippen LogP contribution in [-0.2, 0) is 9.59 Å². The number of rotatable bonds is 3. The SMILES string of the molecule is NC(=O)CN1CCC(C(=O)O)C1. The number of nitrogens with two attached hydrogens (primary N) is 1. The van der Waals surface area contributed by atoms with E-state index in [-0.39, 0.29) is 12.5 Å². The molecule has 1 aliphatic rings. The standard InChI is InChI=1S/C7H12N2O3/c8-6(10)4-9-2-1-5(3-9)7(11)12/h5H,1-4H2,(H2,8,10)(H,11,12). The van der Waals surface area contributed by atoms with E-state index in [4.69, 9.17) is 10.8 Å². The van der Waals surface area contributed by atoms with Crippen molar-refractivity contribution in [3.8, 4) is 0 Å². The van der Waals surface area contributed by atoms with Crippen molar-refractivity contribution in [3.05, 3.63) is 0 Å². The van der Waals surface area contributed by atoms with Gasteiger partial charge < -0.3 is 10.8 Å². The maximum atomic E-state index is 10.5. The Kier molecular flexibility index (Phi) is 2.65. The lowest BCUT2D eigenvalue weighted by Gasteiger charge is -2.11. The van der Waals surface area contributed by atoms with E-state index in [0.29, 0.717) is 19.5 Å². The van der Waals surface area contributed by atoms with Crippen LogP contribution in [0.5, 0.6) is 0 Å². The van der Waals surface area contributed by atoms with Crippen molar-refractivity contribution >= 4 is 11.9 Å². The molecule has 1 amide bonds. The van der Waals surface area contributed by atoms with E-state index < -0.39 is 11.9 Å². The molecule has 68 valence electrons. The van der Waals surface area contributed by atoms with Crippen LogP contribution in [0.1, 0.15) is 6.42 Å². The maximum Gasteiger partial charge on any atom is 0.307 e. The number of carboxylic acid groups (broad SMARTS) is 1. The van der Waals surface area contributed by atoms with Gasteiger partial charge >= 0.3 is 5.97 Å². The van der Waals surface area contributed by atoms with Gasteiger partial charge in [-0.05, 0) is 13.0 Å². The van der Waals surface area contributed by atoms with Crippen LogP contribution in [0.15, 0.2) is 0 Å². The van der Waals surface area contributed by atoms with Crippen LogP contribution in [0.4, 0.5) is 0 Å². The van der Waals surface area contributed by atoms with Gasteiger partial charge in [0.1, 0.15) is 0 Å². The summed E-state index contributed by atoms with van der Waals surface area (Å²) in [6.45, 7) is 1.27. The Morgan fingerprint density at radius 1 is 1.58 bits per heavy atom. The van der Waals surface area contributed by atoms with Gasteiger partial charge in [-0.2, -0.15) is 0 Å². The van der Waals surface area contributed by atoms with E-state index in [1.165, 1.54) is 0 Å². The second kappa shape index (κ2) is 3.53. The molecule has 3 N–H and O–H groups in total. The summed E-state index contributed by atoms with van der Waals surface area (Å²) in [6, 6.07) is 0. The zero-order valence-corrected chi connectivity index (χ0v) is 6.69. The lowest BCUT2D eigenvalue weighted by Crippen LogP contribution is -2.32. The Morgan fingerprint density at radius 2 is 2.25 bits per heavy atom. The number of nitrogens with zero attached hydrogens (tertiary/aromatic N) is 1. The number of aliphatic carboxylic acids is 1. The highest BCUT2D eigenvalue weighted by molar-refractivity contribution is 5.76. The van der Waals surface area contributed by atoms with Crippen LogP contribution >= 0.6 is 0 Å². The van der Waals surface area contributed by atoms with Crippen molar-refractivity contribution in [1.29, 1.82) is 0 Å². The fourth-order valence-corrected chi connectivity index (χ4v) is 1.40. The monoisotopic (exact) mass is 172 g/mol. The first-order valence-corrected chi connectivity index (χ1v) is 3.83. The fourth-order valence-electron chi connectivity index (χ4n) is 1.40.